The number of aliphatic hydroxyl groups excluding tert-OH is 1. The van der Waals surface area contributed by atoms with Crippen LogP contribution in [-0.2, 0) is 11.3 Å². The minimum absolute atomic E-state index is 0.389. The zero-order chi connectivity index (χ0) is 13.5. The zero-order valence-electron chi connectivity index (χ0n) is 11.2. The summed E-state index contributed by atoms with van der Waals surface area (Å²) in [6.45, 7) is 1.97. The largest absolute Gasteiger partial charge is 0.391 e. The molecule has 0 saturated heterocycles. The lowest BCUT2D eigenvalue weighted by molar-refractivity contribution is 0.0594. The average molecular weight is 260 g/mol. The summed E-state index contributed by atoms with van der Waals surface area (Å²) >= 11 is 0. The maximum atomic E-state index is 9.52. The van der Waals surface area contributed by atoms with E-state index in [1.165, 1.54) is 10.9 Å². The van der Waals surface area contributed by atoms with Gasteiger partial charge in [-0.1, -0.05) is 12.1 Å². The summed E-state index contributed by atoms with van der Waals surface area (Å²) < 4.78 is 4.88. The van der Waals surface area contributed by atoms with E-state index >= 15 is 0 Å². The fourth-order valence-corrected chi connectivity index (χ4v) is 2.02. The number of aliphatic hydroxyl groups is 1. The molecule has 102 valence electrons. The molecule has 4 nitrogen and oxygen atoms in total. The summed E-state index contributed by atoms with van der Waals surface area (Å²) in [5, 5.41) is 15.2. The Morgan fingerprint density at radius 2 is 2.21 bits per heavy atom. The predicted octanol–water partition coefficient (Wildman–Crippen LogP) is 1.72. The smallest absolute Gasteiger partial charge is 0.0785 e. The van der Waals surface area contributed by atoms with Crippen LogP contribution in [0.25, 0.3) is 10.8 Å². The first-order valence-corrected chi connectivity index (χ1v) is 6.50. The third kappa shape index (κ3) is 4.28. The number of fused-ring (bicyclic) bond motifs is 1. The molecule has 0 amide bonds. The van der Waals surface area contributed by atoms with Crippen LogP contribution in [0.15, 0.2) is 36.7 Å². The second kappa shape index (κ2) is 7.19. The molecule has 1 aromatic carbocycles. The molecule has 1 atom stereocenters. The highest BCUT2D eigenvalue weighted by Gasteiger charge is 2.02. The van der Waals surface area contributed by atoms with E-state index in [4.69, 9.17) is 4.74 Å². The molecule has 1 heterocycles. The van der Waals surface area contributed by atoms with Gasteiger partial charge in [0.2, 0.25) is 0 Å². The molecule has 4 heteroatoms. The maximum absolute atomic E-state index is 9.52. The average Bonchev–Trinajstić information content (AvgIpc) is 2.44. The summed E-state index contributed by atoms with van der Waals surface area (Å²) in [6, 6.07) is 8.36. The molecule has 0 bridgehead atoms. The van der Waals surface area contributed by atoms with E-state index in [0.29, 0.717) is 13.0 Å². The van der Waals surface area contributed by atoms with Crippen LogP contribution >= 0.6 is 0 Å². The first kappa shape index (κ1) is 13.9. The van der Waals surface area contributed by atoms with Crippen molar-refractivity contribution in [1.82, 2.24) is 10.3 Å². The van der Waals surface area contributed by atoms with Crippen LogP contribution in [0.3, 0.4) is 0 Å². The highest BCUT2D eigenvalue weighted by Crippen LogP contribution is 2.14. The van der Waals surface area contributed by atoms with E-state index < -0.39 is 0 Å². The third-order valence-corrected chi connectivity index (χ3v) is 3.05. The van der Waals surface area contributed by atoms with E-state index in [2.05, 4.69) is 28.5 Å². The standard InChI is InChI=1S/C15H20N2O2/c1-19-11-15(18)5-7-16-9-12-2-3-14-10-17-6-4-13(14)8-12/h2-4,6,8,10,15-16,18H,5,7,9,11H2,1H3. The molecule has 2 N–H and O–H groups in total. The second-order valence-corrected chi connectivity index (χ2v) is 4.63. The van der Waals surface area contributed by atoms with Gasteiger partial charge in [0.15, 0.2) is 0 Å². The van der Waals surface area contributed by atoms with Gasteiger partial charge in [0, 0.05) is 31.4 Å². The Bertz CT molecular complexity index is 516. The summed E-state index contributed by atoms with van der Waals surface area (Å²) in [4.78, 5) is 4.10. The van der Waals surface area contributed by atoms with Crippen molar-refractivity contribution in [1.29, 1.82) is 0 Å². The van der Waals surface area contributed by atoms with Gasteiger partial charge in [-0.05, 0) is 36.0 Å². The molecule has 0 saturated carbocycles. The van der Waals surface area contributed by atoms with Crippen molar-refractivity contribution in [2.75, 3.05) is 20.3 Å². The van der Waals surface area contributed by atoms with Crippen molar-refractivity contribution >= 4 is 10.8 Å². The SMILES string of the molecule is COCC(O)CCNCc1ccc2cnccc2c1. The fraction of sp³-hybridized carbons (Fsp3) is 0.400. The first-order valence-electron chi connectivity index (χ1n) is 6.50. The quantitative estimate of drug-likeness (QED) is 0.744. The van der Waals surface area contributed by atoms with Crippen molar-refractivity contribution < 1.29 is 9.84 Å². The number of pyridine rings is 1. The van der Waals surface area contributed by atoms with Crippen LogP contribution in [0.4, 0.5) is 0 Å². The van der Waals surface area contributed by atoms with Crippen LogP contribution in [0.5, 0.6) is 0 Å². The molecule has 0 aliphatic rings. The molecule has 0 radical (unpaired) electrons. The Kier molecular flexibility index (Phi) is 5.27. The fourth-order valence-electron chi connectivity index (χ4n) is 2.02. The minimum atomic E-state index is -0.389. The van der Waals surface area contributed by atoms with Gasteiger partial charge in [-0.25, -0.2) is 0 Å². The lowest BCUT2D eigenvalue weighted by Crippen LogP contribution is -2.22. The number of ether oxygens (including phenoxy) is 1. The third-order valence-electron chi connectivity index (χ3n) is 3.05. The number of methoxy groups -OCH3 is 1. The predicted molar refractivity (Wildman–Crippen MR) is 75.9 cm³/mol. The Labute approximate surface area is 113 Å². The minimum Gasteiger partial charge on any atom is -0.391 e. The highest BCUT2D eigenvalue weighted by atomic mass is 16.5. The number of nitrogens with zero attached hydrogens (tertiary/aromatic N) is 1. The van der Waals surface area contributed by atoms with E-state index in [1.54, 1.807) is 13.3 Å². The second-order valence-electron chi connectivity index (χ2n) is 4.63. The van der Waals surface area contributed by atoms with Crippen LogP contribution < -0.4 is 5.32 Å². The van der Waals surface area contributed by atoms with Crippen LogP contribution in [0, 0.1) is 0 Å². The highest BCUT2D eigenvalue weighted by molar-refractivity contribution is 5.81. The van der Waals surface area contributed by atoms with Crippen molar-refractivity contribution in [2.45, 2.75) is 19.1 Å². The molecule has 0 aliphatic carbocycles. The van der Waals surface area contributed by atoms with Gasteiger partial charge in [-0.3, -0.25) is 4.98 Å². The van der Waals surface area contributed by atoms with Crippen LogP contribution in [0.2, 0.25) is 0 Å². The number of nitrogens with one attached hydrogen (secondary N) is 1. The summed E-state index contributed by atoms with van der Waals surface area (Å²) in [5.74, 6) is 0. The van der Waals surface area contributed by atoms with Gasteiger partial charge in [0.1, 0.15) is 0 Å². The lowest BCUT2D eigenvalue weighted by atomic mass is 10.1. The zero-order valence-corrected chi connectivity index (χ0v) is 11.2. The Morgan fingerprint density at radius 3 is 3.05 bits per heavy atom. The molecule has 2 aromatic rings. The Balaban J connectivity index is 1.81. The monoisotopic (exact) mass is 260 g/mol. The van der Waals surface area contributed by atoms with E-state index in [1.807, 2.05) is 12.3 Å². The summed E-state index contributed by atoms with van der Waals surface area (Å²) in [5.41, 5.74) is 1.24. The van der Waals surface area contributed by atoms with Gasteiger partial charge in [-0.15, -0.1) is 0 Å². The van der Waals surface area contributed by atoms with Crippen LogP contribution in [-0.4, -0.2) is 36.5 Å². The molecule has 19 heavy (non-hydrogen) atoms. The molecule has 1 aromatic heterocycles. The van der Waals surface area contributed by atoms with Gasteiger partial charge < -0.3 is 15.2 Å². The summed E-state index contributed by atoms with van der Waals surface area (Å²) in [7, 11) is 1.60. The van der Waals surface area contributed by atoms with Gasteiger partial charge >= 0.3 is 0 Å². The molecule has 2 rings (SSSR count). The molecule has 1 unspecified atom stereocenters. The van der Waals surface area contributed by atoms with E-state index in [-0.39, 0.29) is 6.10 Å². The molecule has 0 aliphatic heterocycles. The molecular formula is C15H20N2O2. The Morgan fingerprint density at radius 1 is 1.32 bits per heavy atom. The van der Waals surface area contributed by atoms with Crippen molar-refractivity contribution in [3.8, 4) is 0 Å². The number of benzene rings is 1. The van der Waals surface area contributed by atoms with Crippen molar-refractivity contribution in [3.05, 3.63) is 42.2 Å². The molecule has 0 spiro atoms. The summed E-state index contributed by atoms with van der Waals surface area (Å²) in [6.07, 6.45) is 3.99. The van der Waals surface area contributed by atoms with Crippen molar-refractivity contribution in [3.63, 3.8) is 0 Å². The number of hydrogen-bond donors (Lipinski definition) is 2. The van der Waals surface area contributed by atoms with Crippen molar-refractivity contribution in [2.24, 2.45) is 0 Å². The molecule has 0 fully saturated rings. The maximum Gasteiger partial charge on any atom is 0.0785 e. The van der Waals surface area contributed by atoms with E-state index in [0.717, 1.165) is 18.5 Å². The van der Waals surface area contributed by atoms with Crippen LogP contribution in [0.1, 0.15) is 12.0 Å². The van der Waals surface area contributed by atoms with Gasteiger partial charge in [0.05, 0.1) is 12.7 Å². The number of hydrogen-bond acceptors (Lipinski definition) is 4. The number of aromatic nitrogens is 1. The van der Waals surface area contributed by atoms with Gasteiger partial charge in [0.25, 0.3) is 0 Å². The normalized spacial score (nSPS) is 12.7. The Hall–Kier alpha value is -1.49. The van der Waals surface area contributed by atoms with Gasteiger partial charge in [-0.2, -0.15) is 0 Å². The topological polar surface area (TPSA) is 54.4 Å². The lowest BCUT2D eigenvalue weighted by Gasteiger charge is -2.10. The number of rotatable bonds is 7. The first-order chi connectivity index (χ1) is 9.29. The molecular weight excluding hydrogens is 240 g/mol. The van der Waals surface area contributed by atoms with E-state index in [9.17, 15) is 5.11 Å².